The number of hydrogen-bond acceptors (Lipinski definition) is 5. The van der Waals surface area contributed by atoms with E-state index >= 15 is 0 Å². The minimum atomic E-state index is -0.347. The van der Waals surface area contributed by atoms with Crippen molar-refractivity contribution < 1.29 is 14.3 Å². The summed E-state index contributed by atoms with van der Waals surface area (Å²) in [6.07, 6.45) is 1.08. The van der Waals surface area contributed by atoms with Gasteiger partial charge in [0, 0.05) is 17.7 Å². The summed E-state index contributed by atoms with van der Waals surface area (Å²) in [7, 11) is 3.23. The molecule has 3 aromatic carbocycles. The second kappa shape index (κ2) is 9.24. The highest BCUT2D eigenvalue weighted by Gasteiger charge is 2.36. The summed E-state index contributed by atoms with van der Waals surface area (Å²) in [5.41, 5.74) is 5.41. The summed E-state index contributed by atoms with van der Waals surface area (Å²) >= 11 is 12.5. The Morgan fingerprint density at radius 2 is 1.56 bits per heavy atom. The molecule has 0 amide bonds. The molecule has 7 heteroatoms. The van der Waals surface area contributed by atoms with Crippen LogP contribution in [-0.4, -0.2) is 20.0 Å². The zero-order valence-corrected chi connectivity index (χ0v) is 20.3. The molecule has 0 saturated carbocycles. The van der Waals surface area contributed by atoms with Crippen LogP contribution in [-0.2, 0) is 4.79 Å². The maximum absolute atomic E-state index is 13.7. The third-order valence-electron chi connectivity index (χ3n) is 6.46. The van der Waals surface area contributed by atoms with Gasteiger partial charge in [-0.05, 0) is 59.9 Å². The molecule has 2 atom stereocenters. The maximum atomic E-state index is 13.7. The predicted molar refractivity (Wildman–Crippen MR) is 136 cm³/mol. The van der Waals surface area contributed by atoms with Gasteiger partial charge in [-0.1, -0.05) is 47.5 Å². The van der Waals surface area contributed by atoms with Crippen molar-refractivity contribution in [1.82, 2.24) is 0 Å². The molecule has 0 radical (unpaired) electrons. The van der Waals surface area contributed by atoms with Gasteiger partial charge in [0.1, 0.15) is 0 Å². The number of ketones is 1. The van der Waals surface area contributed by atoms with E-state index < -0.39 is 0 Å². The van der Waals surface area contributed by atoms with Gasteiger partial charge in [0.05, 0.1) is 41.7 Å². The largest absolute Gasteiger partial charge is 0.493 e. The van der Waals surface area contributed by atoms with E-state index in [2.05, 4.69) is 10.6 Å². The second-order valence-corrected chi connectivity index (χ2v) is 9.27. The number of benzene rings is 3. The van der Waals surface area contributed by atoms with E-state index in [-0.39, 0.29) is 17.7 Å². The van der Waals surface area contributed by atoms with Crippen molar-refractivity contribution >= 4 is 40.4 Å². The lowest BCUT2D eigenvalue weighted by atomic mass is 9.78. The van der Waals surface area contributed by atoms with Crippen LogP contribution in [0.15, 0.2) is 71.9 Å². The molecule has 0 fully saturated rings. The Bertz CT molecular complexity index is 1300. The fourth-order valence-corrected chi connectivity index (χ4v) is 5.08. The number of carbonyl (C=O) groups excluding carboxylic acids is 1. The van der Waals surface area contributed by atoms with Gasteiger partial charge in [-0.25, -0.2) is 0 Å². The quantitative estimate of drug-likeness (QED) is 0.409. The third-order valence-corrected chi connectivity index (χ3v) is 7.20. The molecular weight excluding hydrogens is 471 g/mol. The third kappa shape index (κ3) is 4.10. The first-order chi connectivity index (χ1) is 16.5. The van der Waals surface area contributed by atoms with Gasteiger partial charge in [-0.2, -0.15) is 0 Å². The predicted octanol–water partition coefficient (Wildman–Crippen LogP) is 6.99. The molecule has 0 aromatic heterocycles. The van der Waals surface area contributed by atoms with Crippen LogP contribution in [0.25, 0.3) is 0 Å². The van der Waals surface area contributed by atoms with Crippen molar-refractivity contribution in [3.05, 3.63) is 93.1 Å². The van der Waals surface area contributed by atoms with Crippen LogP contribution in [0.4, 0.5) is 11.4 Å². The normalized spacial score (nSPS) is 19.4. The van der Waals surface area contributed by atoms with Gasteiger partial charge in [-0.3, -0.25) is 4.79 Å². The molecule has 1 heterocycles. The lowest BCUT2D eigenvalue weighted by molar-refractivity contribution is -0.116. The summed E-state index contributed by atoms with van der Waals surface area (Å²) in [6.45, 7) is 0. The Labute approximate surface area is 208 Å². The highest BCUT2D eigenvalue weighted by Crippen LogP contribution is 2.45. The van der Waals surface area contributed by atoms with Gasteiger partial charge in [0.15, 0.2) is 17.3 Å². The van der Waals surface area contributed by atoms with E-state index in [0.29, 0.717) is 34.4 Å². The number of halogens is 2. The first kappa shape index (κ1) is 22.6. The Kier molecular flexibility index (Phi) is 6.15. The van der Waals surface area contributed by atoms with Crippen LogP contribution >= 0.6 is 23.2 Å². The van der Waals surface area contributed by atoms with Gasteiger partial charge >= 0.3 is 0 Å². The SMILES string of the molecule is COc1ccc([C@@H]2CC(=O)C3=C(C2)Nc2ccccc2N[C@H]3c2ccc(Cl)c(Cl)c2)cc1OC. The number of para-hydroxylation sites is 2. The van der Waals surface area contributed by atoms with Gasteiger partial charge in [0.25, 0.3) is 0 Å². The van der Waals surface area contributed by atoms with E-state index in [1.165, 1.54) is 0 Å². The summed E-state index contributed by atoms with van der Waals surface area (Å²) in [5.74, 6) is 1.42. The van der Waals surface area contributed by atoms with Gasteiger partial charge < -0.3 is 20.1 Å². The number of fused-ring (bicyclic) bond motifs is 1. The molecule has 0 unspecified atom stereocenters. The summed E-state index contributed by atoms with van der Waals surface area (Å²) in [6, 6.07) is 19.0. The Hall–Kier alpha value is -3.15. The van der Waals surface area contributed by atoms with Crippen LogP contribution in [0.5, 0.6) is 11.5 Å². The number of anilines is 2. The number of Topliss-reactive ketones (excluding diaryl/α,β-unsaturated/α-hetero) is 1. The minimum absolute atomic E-state index is 0.0123. The highest BCUT2D eigenvalue weighted by molar-refractivity contribution is 6.42. The Morgan fingerprint density at radius 3 is 2.29 bits per heavy atom. The fraction of sp³-hybridized carbons (Fsp3) is 0.222. The van der Waals surface area contributed by atoms with Crippen molar-refractivity contribution in [2.45, 2.75) is 24.8 Å². The van der Waals surface area contributed by atoms with Crippen molar-refractivity contribution in [2.75, 3.05) is 24.9 Å². The number of nitrogens with one attached hydrogen (secondary N) is 2. The maximum Gasteiger partial charge on any atom is 0.163 e. The van der Waals surface area contributed by atoms with Crippen molar-refractivity contribution in [3.63, 3.8) is 0 Å². The second-order valence-electron chi connectivity index (χ2n) is 8.46. The first-order valence-electron chi connectivity index (χ1n) is 11.0. The highest BCUT2D eigenvalue weighted by atomic mass is 35.5. The number of hydrogen-bond donors (Lipinski definition) is 2. The summed E-state index contributed by atoms with van der Waals surface area (Å²) in [4.78, 5) is 13.7. The monoisotopic (exact) mass is 494 g/mol. The van der Waals surface area contributed by atoms with Crippen LogP contribution in [0.3, 0.4) is 0 Å². The molecule has 0 bridgehead atoms. The molecular formula is C27H24Cl2N2O3. The number of carbonyl (C=O) groups is 1. The molecule has 0 saturated heterocycles. The Balaban J connectivity index is 1.59. The molecule has 1 aliphatic carbocycles. The molecule has 0 spiro atoms. The molecule has 5 rings (SSSR count). The van der Waals surface area contributed by atoms with Crippen molar-refractivity contribution in [2.24, 2.45) is 0 Å². The number of methoxy groups -OCH3 is 2. The molecule has 3 aromatic rings. The number of ether oxygens (including phenoxy) is 2. The lowest BCUT2D eigenvalue weighted by Crippen LogP contribution is -2.26. The van der Waals surface area contributed by atoms with Crippen LogP contribution < -0.4 is 20.1 Å². The van der Waals surface area contributed by atoms with E-state index in [1.807, 2.05) is 54.6 Å². The number of rotatable bonds is 4. The average molecular weight is 495 g/mol. The van der Waals surface area contributed by atoms with Gasteiger partial charge in [0.2, 0.25) is 0 Å². The first-order valence-corrected chi connectivity index (χ1v) is 11.8. The average Bonchev–Trinajstić information content (AvgIpc) is 3.02. The van der Waals surface area contributed by atoms with Crippen LogP contribution in [0.1, 0.15) is 35.9 Å². The zero-order valence-electron chi connectivity index (χ0n) is 18.8. The van der Waals surface area contributed by atoms with Crippen molar-refractivity contribution in [1.29, 1.82) is 0 Å². The topological polar surface area (TPSA) is 59.6 Å². The number of allylic oxidation sites excluding steroid dienone is 1. The van der Waals surface area contributed by atoms with Crippen molar-refractivity contribution in [3.8, 4) is 11.5 Å². The molecule has 5 nitrogen and oxygen atoms in total. The minimum Gasteiger partial charge on any atom is -0.493 e. The summed E-state index contributed by atoms with van der Waals surface area (Å²) in [5, 5.41) is 8.05. The smallest absolute Gasteiger partial charge is 0.163 e. The lowest BCUT2D eigenvalue weighted by Gasteiger charge is -2.30. The molecule has 34 heavy (non-hydrogen) atoms. The van der Waals surface area contributed by atoms with E-state index in [1.54, 1.807) is 20.3 Å². The standard InChI is InChI=1S/C27H24Cl2N2O3/c1-33-24-10-8-15(14-25(24)34-2)17-12-22-26(23(32)13-17)27(16-7-9-18(28)19(29)11-16)31-21-6-4-3-5-20(21)30-22/h3-11,14,17,27,30-31H,12-13H2,1-2H3/t17-,27-/m0/s1. The Morgan fingerprint density at radius 1 is 0.824 bits per heavy atom. The van der Waals surface area contributed by atoms with Crippen LogP contribution in [0.2, 0.25) is 10.0 Å². The van der Waals surface area contributed by atoms with Crippen LogP contribution in [0, 0.1) is 0 Å². The van der Waals surface area contributed by atoms with E-state index in [0.717, 1.165) is 33.8 Å². The molecule has 1 aliphatic heterocycles. The molecule has 2 N–H and O–H groups in total. The summed E-state index contributed by atoms with van der Waals surface area (Å²) < 4.78 is 10.9. The van der Waals surface area contributed by atoms with E-state index in [9.17, 15) is 4.79 Å². The zero-order chi connectivity index (χ0) is 23.8. The van der Waals surface area contributed by atoms with Gasteiger partial charge in [-0.15, -0.1) is 0 Å². The fourth-order valence-electron chi connectivity index (χ4n) is 4.78. The molecule has 2 aliphatic rings. The molecule has 174 valence electrons. The van der Waals surface area contributed by atoms with E-state index in [4.69, 9.17) is 32.7 Å².